The molecule has 0 aromatic carbocycles. The second-order valence-corrected chi connectivity index (χ2v) is 2.48. The van der Waals surface area contributed by atoms with E-state index >= 15 is 0 Å². The summed E-state index contributed by atoms with van der Waals surface area (Å²) in [5.41, 5.74) is 0. The van der Waals surface area contributed by atoms with Gasteiger partial charge in [-0.1, -0.05) is 3.89 Å². The summed E-state index contributed by atoms with van der Waals surface area (Å²) >= 11 is 0. The van der Waals surface area contributed by atoms with Gasteiger partial charge in [0, 0.05) is 0 Å². The Morgan fingerprint density at radius 3 is 0.571 bits per heavy atom. The fourth-order valence-corrected chi connectivity index (χ4v) is 0. The molecule has 0 aliphatic heterocycles. The van der Waals surface area contributed by atoms with Crippen LogP contribution in [0.15, 0.2) is 0 Å². The van der Waals surface area contributed by atoms with Gasteiger partial charge in [0.2, 0.25) is 0 Å². The lowest BCUT2D eigenvalue weighted by molar-refractivity contribution is 0.338. The molecule has 0 aliphatic carbocycles. The molecule has 0 aliphatic rings. The Kier molecular flexibility index (Phi) is 33.7. The summed E-state index contributed by atoms with van der Waals surface area (Å²) in [7, 11) is -15.8. The molecule has 0 unspecified atom stereocenters. The van der Waals surface area contributed by atoms with Gasteiger partial charge in [-0.15, -0.1) is 0 Å². The number of halogens is 5. The summed E-state index contributed by atoms with van der Waals surface area (Å²) in [5, 5.41) is 55.6. The molecule has 0 heterocycles. The van der Waals surface area contributed by atoms with Gasteiger partial charge in [-0.3, -0.25) is 21.8 Å². The van der Waals surface area contributed by atoms with Crippen molar-refractivity contribution in [3.05, 3.63) is 0 Å². The van der Waals surface area contributed by atoms with Crippen LogP contribution >= 0.6 is 0 Å². The van der Waals surface area contributed by atoms with Crippen LogP contribution in [0.2, 0.25) is 0 Å². The second-order valence-electron chi connectivity index (χ2n) is 1.65. The van der Waals surface area contributed by atoms with E-state index in [2.05, 4.69) is 0 Å². The zero-order chi connectivity index (χ0) is 18.8. The Bertz CT molecular complexity index is 214. The topological polar surface area (TPSA) is 216 Å². The number of hydrogen-bond donors (Lipinski definition) is 9. The van der Waals surface area contributed by atoms with Gasteiger partial charge in [0.05, 0.1) is 0 Å². The third kappa shape index (κ3) is 23900. The molecule has 0 rings (SSSR count). The van der Waals surface area contributed by atoms with Crippen molar-refractivity contribution in [2.75, 3.05) is 0 Å². The van der Waals surface area contributed by atoms with E-state index in [4.69, 9.17) is 53.2 Å². The monoisotopic (exact) mass is 356 g/mol. The highest BCUT2D eigenvalue weighted by atomic mass is 32.3. The minimum absolute atomic E-state index is 2.67. The zero-order valence-electron chi connectivity index (χ0n) is 9.45. The highest BCUT2D eigenvalue weighted by molar-refractivity contribution is 7.80. The fourth-order valence-electron chi connectivity index (χ4n) is 0. The lowest BCUT2D eigenvalue weighted by Gasteiger charge is -1.65. The fraction of sp³-hybridized carbons (Fsp3) is 0. The molecule has 21 heavy (non-hydrogen) atoms. The molecule has 21 heteroatoms. The Balaban J connectivity index is -0.0000000510. The van der Waals surface area contributed by atoms with E-state index < -0.39 is 40.1 Å². The van der Waals surface area contributed by atoms with Gasteiger partial charge in [-0.2, -0.15) is 8.42 Å². The van der Waals surface area contributed by atoms with Crippen molar-refractivity contribution < 1.29 is 74.3 Å². The average molecular weight is 355 g/mol. The lowest BCUT2D eigenvalue weighted by Crippen LogP contribution is -1.98. The summed E-state index contributed by atoms with van der Waals surface area (Å²) in [4.78, 5) is 0. The molecule has 0 bridgehead atoms. The van der Waals surface area contributed by atoms with Crippen LogP contribution in [-0.2, 0) is 10.5 Å². The summed E-state index contributed by atoms with van der Waals surface area (Å²) < 4.78 is 74.5. The normalized spacial score (nSPS) is 7.90. The quantitative estimate of drug-likeness (QED) is 0.0872. The first kappa shape index (κ1) is 32.4. The van der Waals surface area contributed by atoms with Crippen LogP contribution < -0.4 is 0 Å². The van der Waals surface area contributed by atoms with E-state index in [0.717, 1.165) is 0 Å². The molecule has 0 saturated heterocycles. The van der Waals surface area contributed by atoms with Crippen molar-refractivity contribution in [1.29, 1.82) is 0 Å². The maximum atomic E-state index is 10.2. The van der Waals surface area contributed by atoms with Crippen LogP contribution in [0.25, 0.3) is 0 Å². The Morgan fingerprint density at radius 2 is 0.571 bits per heavy atom. The van der Waals surface area contributed by atoms with Crippen LogP contribution in [0, 0.1) is 0 Å². The predicted molar refractivity (Wildman–Crippen MR) is 57.9 cm³/mol. The molecule has 128 valence electrons. The minimum atomic E-state index is -5.17. The van der Waals surface area contributed by atoms with Crippen molar-refractivity contribution in [2.45, 2.75) is 0 Å². The van der Waals surface area contributed by atoms with Crippen LogP contribution in [0.1, 0.15) is 0 Å². The summed E-state index contributed by atoms with van der Waals surface area (Å²) in [6.07, 6.45) is 0. The second kappa shape index (κ2) is 21.8. The molecule has 0 aromatic rings. The summed E-state index contributed by atoms with van der Waals surface area (Å²) in [6.45, 7) is 0. The molecule has 0 radical (unpaired) electrons. The molecule has 0 aromatic heterocycles. The van der Waals surface area contributed by atoms with Gasteiger partial charge in [0.25, 0.3) is 0 Å². The Morgan fingerprint density at radius 1 is 0.571 bits per heavy atom. The van der Waals surface area contributed by atoms with Crippen molar-refractivity contribution in [3.63, 3.8) is 0 Å². The standard InChI is InChI=1S/4BFH2O2.FHO3S/c4*2-1(3)4;1-5(2,3)4/h4*3-4H;(H,2,3,4). The zero-order valence-corrected chi connectivity index (χ0v) is 10.3. The van der Waals surface area contributed by atoms with E-state index in [1.54, 1.807) is 0 Å². The Labute approximate surface area is 115 Å². The maximum absolute atomic E-state index is 10.2. The van der Waals surface area contributed by atoms with Crippen LogP contribution in [0.5, 0.6) is 0 Å². The van der Waals surface area contributed by atoms with Crippen molar-refractivity contribution in [3.8, 4) is 0 Å². The highest BCUT2D eigenvalue weighted by Crippen LogP contribution is 1.74. The molecule has 0 saturated carbocycles. The van der Waals surface area contributed by atoms with Gasteiger partial charge in [0.1, 0.15) is 0 Å². The molecule has 0 spiro atoms. The van der Waals surface area contributed by atoms with Gasteiger partial charge in [-0.25, -0.2) is 0 Å². The van der Waals surface area contributed by atoms with E-state index in [-0.39, 0.29) is 0 Å². The van der Waals surface area contributed by atoms with Crippen molar-refractivity contribution in [2.24, 2.45) is 0 Å². The molecule has 9 N–H and O–H groups in total. The number of hydrogen-bond acceptors (Lipinski definition) is 10. The van der Waals surface area contributed by atoms with Crippen LogP contribution in [-0.4, -0.2) is 82.7 Å². The predicted octanol–water partition coefficient (Wildman–Crippen LogP) is -4.54. The van der Waals surface area contributed by atoms with Gasteiger partial charge in [0.15, 0.2) is 0 Å². The third-order valence-electron chi connectivity index (χ3n) is 0. The molecule has 0 atom stereocenters. The Hall–Kier alpha value is -0.500. The molecule has 0 fully saturated rings. The largest absolute Gasteiger partial charge is 0.674 e. The van der Waals surface area contributed by atoms with Crippen LogP contribution in [0.4, 0.5) is 21.1 Å². The SMILES string of the molecule is O=S(=O)(O)F.OB(O)F.OB(O)F.OB(O)F.OB(O)F. The highest BCUT2D eigenvalue weighted by Gasteiger charge is 1.98. The summed E-state index contributed by atoms with van der Waals surface area (Å²) in [5.74, 6) is 0. The van der Waals surface area contributed by atoms with E-state index in [0.29, 0.717) is 0 Å². The molecule has 0 amide bonds. The van der Waals surface area contributed by atoms with Crippen molar-refractivity contribution >= 4 is 40.1 Å². The van der Waals surface area contributed by atoms with E-state index in [9.17, 15) is 21.1 Å². The third-order valence-corrected chi connectivity index (χ3v) is 0. The molecular formula is H9B4F5O11S. The first-order valence-corrected chi connectivity index (χ1v) is 4.95. The van der Waals surface area contributed by atoms with Gasteiger partial charge >= 0.3 is 40.1 Å². The van der Waals surface area contributed by atoms with Gasteiger partial charge < -0.3 is 40.2 Å². The maximum Gasteiger partial charge on any atom is 0.674 e. The van der Waals surface area contributed by atoms with Crippen molar-refractivity contribution in [1.82, 2.24) is 0 Å². The number of rotatable bonds is 0. The van der Waals surface area contributed by atoms with E-state index in [1.807, 2.05) is 0 Å². The average Bonchev–Trinajstić information content (AvgIpc) is 1.91. The smallest absolute Gasteiger partial charge is 0.398 e. The summed E-state index contributed by atoms with van der Waals surface area (Å²) in [6, 6.07) is 0. The first-order valence-electron chi connectivity index (χ1n) is 3.61. The first-order chi connectivity index (χ1) is 8.93. The van der Waals surface area contributed by atoms with Crippen LogP contribution in [0.3, 0.4) is 0 Å². The lowest BCUT2D eigenvalue weighted by atomic mass is 10.3. The van der Waals surface area contributed by atoms with Gasteiger partial charge in [-0.05, 0) is 0 Å². The van der Waals surface area contributed by atoms with E-state index in [1.165, 1.54) is 0 Å². The minimum Gasteiger partial charge on any atom is -0.398 e. The molecular weight excluding hydrogens is 346 g/mol. The molecule has 11 nitrogen and oxygen atoms in total.